The van der Waals surface area contributed by atoms with Crippen LogP contribution in [0.4, 0.5) is 13.2 Å². The lowest BCUT2D eigenvalue weighted by atomic mass is 10.1. The van der Waals surface area contributed by atoms with Crippen LogP contribution in [0, 0.1) is 17.5 Å². The maximum Gasteiger partial charge on any atom is 0.164 e. The summed E-state index contributed by atoms with van der Waals surface area (Å²) in [6.07, 6.45) is -1.19. The van der Waals surface area contributed by atoms with Crippen molar-refractivity contribution in [2.45, 2.75) is 11.0 Å². The van der Waals surface area contributed by atoms with Gasteiger partial charge in [0, 0.05) is 16.2 Å². The average molecular weight is 284 g/mol. The van der Waals surface area contributed by atoms with Crippen molar-refractivity contribution in [3.05, 3.63) is 65.5 Å². The number of aliphatic hydroxyl groups is 1. The predicted molar refractivity (Wildman–Crippen MR) is 68.4 cm³/mol. The van der Waals surface area contributed by atoms with E-state index < -0.39 is 23.6 Å². The summed E-state index contributed by atoms with van der Waals surface area (Å²) < 4.78 is 39.8. The molecular formula is C14H11F3OS. The van der Waals surface area contributed by atoms with Gasteiger partial charge < -0.3 is 5.11 Å². The first-order valence-corrected chi connectivity index (χ1v) is 6.57. The topological polar surface area (TPSA) is 20.2 Å². The summed E-state index contributed by atoms with van der Waals surface area (Å²) in [6.45, 7) is 0. The minimum atomic E-state index is -1.19. The van der Waals surface area contributed by atoms with E-state index in [9.17, 15) is 18.3 Å². The van der Waals surface area contributed by atoms with Crippen molar-refractivity contribution in [1.82, 2.24) is 0 Å². The van der Waals surface area contributed by atoms with E-state index in [1.807, 2.05) is 0 Å². The van der Waals surface area contributed by atoms with Crippen molar-refractivity contribution in [2.75, 3.05) is 5.75 Å². The van der Waals surface area contributed by atoms with Gasteiger partial charge in [0.2, 0.25) is 0 Å². The monoisotopic (exact) mass is 284 g/mol. The standard InChI is InChI=1S/C14H11F3OS/c15-10-5-1-2-7-13(10)19-8-12(18)9-4-3-6-11(16)14(9)17/h1-7,12,18H,8H2. The van der Waals surface area contributed by atoms with Crippen LogP contribution in [-0.4, -0.2) is 10.9 Å². The zero-order valence-electron chi connectivity index (χ0n) is 9.82. The van der Waals surface area contributed by atoms with Gasteiger partial charge in [0.25, 0.3) is 0 Å². The van der Waals surface area contributed by atoms with Gasteiger partial charge in [-0.25, -0.2) is 13.2 Å². The molecule has 2 aromatic rings. The molecule has 0 radical (unpaired) electrons. The Labute approximate surface area is 113 Å². The van der Waals surface area contributed by atoms with Gasteiger partial charge in [-0.3, -0.25) is 0 Å². The van der Waals surface area contributed by atoms with E-state index in [1.54, 1.807) is 18.2 Å². The van der Waals surface area contributed by atoms with Crippen LogP contribution in [0.1, 0.15) is 11.7 Å². The van der Waals surface area contributed by atoms with E-state index >= 15 is 0 Å². The number of hydrogen-bond acceptors (Lipinski definition) is 2. The summed E-state index contributed by atoms with van der Waals surface area (Å²) in [6, 6.07) is 9.71. The van der Waals surface area contributed by atoms with E-state index in [1.165, 1.54) is 18.2 Å². The Kier molecular flexibility index (Phi) is 4.50. The fraction of sp³-hybridized carbons (Fsp3) is 0.143. The Balaban J connectivity index is 2.08. The van der Waals surface area contributed by atoms with Crippen molar-refractivity contribution < 1.29 is 18.3 Å². The van der Waals surface area contributed by atoms with Crippen LogP contribution in [0.15, 0.2) is 47.4 Å². The third kappa shape index (κ3) is 3.30. The minimum Gasteiger partial charge on any atom is -0.387 e. The van der Waals surface area contributed by atoms with Gasteiger partial charge in [-0.15, -0.1) is 11.8 Å². The van der Waals surface area contributed by atoms with E-state index in [2.05, 4.69) is 0 Å². The van der Waals surface area contributed by atoms with Crippen molar-refractivity contribution in [3.63, 3.8) is 0 Å². The molecule has 100 valence electrons. The van der Waals surface area contributed by atoms with Crippen molar-refractivity contribution in [1.29, 1.82) is 0 Å². The average Bonchev–Trinajstić information content (AvgIpc) is 2.40. The van der Waals surface area contributed by atoms with Crippen LogP contribution in [0.5, 0.6) is 0 Å². The smallest absolute Gasteiger partial charge is 0.164 e. The van der Waals surface area contributed by atoms with Crippen LogP contribution >= 0.6 is 11.8 Å². The summed E-state index contributed by atoms with van der Waals surface area (Å²) in [5.41, 5.74) is -0.121. The Morgan fingerprint density at radius 3 is 2.37 bits per heavy atom. The van der Waals surface area contributed by atoms with Crippen LogP contribution in [-0.2, 0) is 0 Å². The van der Waals surface area contributed by atoms with Gasteiger partial charge in [-0.1, -0.05) is 24.3 Å². The molecule has 2 rings (SSSR count). The summed E-state index contributed by atoms with van der Waals surface area (Å²) in [5.74, 6) is -2.43. The van der Waals surface area contributed by atoms with Gasteiger partial charge in [0.05, 0.1) is 6.10 Å². The quantitative estimate of drug-likeness (QED) is 0.858. The molecule has 0 heterocycles. The number of aliphatic hydroxyl groups excluding tert-OH is 1. The SMILES string of the molecule is OC(CSc1ccccc1F)c1cccc(F)c1F. The fourth-order valence-corrected chi connectivity index (χ4v) is 2.50. The van der Waals surface area contributed by atoms with E-state index in [0.29, 0.717) is 4.90 Å². The molecule has 0 bridgehead atoms. The molecular weight excluding hydrogens is 273 g/mol. The third-order valence-electron chi connectivity index (χ3n) is 2.57. The predicted octanol–water partition coefficient (Wildman–Crippen LogP) is 3.93. The van der Waals surface area contributed by atoms with Crippen molar-refractivity contribution >= 4 is 11.8 Å². The molecule has 0 aromatic heterocycles. The number of benzene rings is 2. The number of hydrogen-bond donors (Lipinski definition) is 1. The fourth-order valence-electron chi connectivity index (χ4n) is 1.60. The van der Waals surface area contributed by atoms with E-state index in [0.717, 1.165) is 17.8 Å². The zero-order chi connectivity index (χ0) is 13.8. The first-order chi connectivity index (χ1) is 9.09. The summed E-state index contributed by atoms with van der Waals surface area (Å²) >= 11 is 1.05. The van der Waals surface area contributed by atoms with Crippen molar-refractivity contribution in [3.8, 4) is 0 Å². The molecule has 0 spiro atoms. The zero-order valence-corrected chi connectivity index (χ0v) is 10.6. The van der Waals surface area contributed by atoms with Crippen LogP contribution < -0.4 is 0 Å². The second-order valence-corrected chi connectivity index (χ2v) is 4.96. The van der Waals surface area contributed by atoms with E-state index in [-0.39, 0.29) is 11.3 Å². The second-order valence-electron chi connectivity index (χ2n) is 3.90. The molecule has 0 saturated heterocycles. The maximum absolute atomic E-state index is 13.4. The molecule has 1 N–H and O–H groups in total. The van der Waals surface area contributed by atoms with Gasteiger partial charge in [0.1, 0.15) is 5.82 Å². The molecule has 1 atom stereocenters. The number of thioether (sulfide) groups is 1. The molecule has 0 aliphatic rings. The lowest BCUT2D eigenvalue weighted by molar-refractivity contribution is 0.197. The Morgan fingerprint density at radius 1 is 0.947 bits per heavy atom. The lowest BCUT2D eigenvalue weighted by Crippen LogP contribution is -2.05. The summed E-state index contributed by atoms with van der Waals surface area (Å²) in [7, 11) is 0. The molecule has 0 saturated carbocycles. The Morgan fingerprint density at radius 2 is 1.63 bits per heavy atom. The third-order valence-corrected chi connectivity index (χ3v) is 3.70. The van der Waals surface area contributed by atoms with Crippen molar-refractivity contribution in [2.24, 2.45) is 0 Å². The molecule has 19 heavy (non-hydrogen) atoms. The lowest BCUT2D eigenvalue weighted by Gasteiger charge is -2.12. The minimum absolute atomic E-state index is 0.0430. The molecule has 1 nitrogen and oxygen atoms in total. The largest absolute Gasteiger partial charge is 0.387 e. The molecule has 2 aromatic carbocycles. The maximum atomic E-state index is 13.4. The normalized spacial score (nSPS) is 12.4. The highest BCUT2D eigenvalue weighted by Gasteiger charge is 2.16. The summed E-state index contributed by atoms with van der Waals surface area (Å²) in [5, 5.41) is 9.83. The number of halogens is 3. The Bertz CT molecular complexity index is 574. The molecule has 0 amide bonds. The molecule has 0 aliphatic heterocycles. The van der Waals surface area contributed by atoms with E-state index in [4.69, 9.17) is 0 Å². The molecule has 5 heteroatoms. The van der Waals surface area contributed by atoms with Crippen LogP contribution in [0.25, 0.3) is 0 Å². The summed E-state index contributed by atoms with van der Waals surface area (Å²) in [4.78, 5) is 0.360. The van der Waals surface area contributed by atoms with Crippen LogP contribution in [0.2, 0.25) is 0 Å². The van der Waals surface area contributed by atoms with Gasteiger partial charge in [-0.05, 0) is 18.2 Å². The van der Waals surface area contributed by atoms with Gasteiger partial charge in [-0.2, -0.15) is 0 Å². The first kappa shape index (κ1) is 14.0. The van der Waals surface area contributed by atoms with Gasteiger partial charge >= 0.3 is 0 Å². The Hall–Kier alpha value is -1.46. The second kappa shape index (κ2) is 6.12. The number of rotatable bonds is 4. The molecule has 0 aliphatic carbocycles. The first-order valence-electron chi connectivity index (χ1n) is 5.59. The highest BCUT2D eigenvalue weighted by molar-refractivity contribution is 7.99. The molecule has 1 unspecified atom stereocenters. The van der Waals surface area contributed by atoms with Crippen LogP contribution in [0.3, 0.4) is 0 Å². The molecule has 0 fully saturated rings. The highest BCUT2D eigenvalue weighted by atomic mass is 32.2. The highest BCUT2D eigenvalue weighted by Crippen LogP contribution is 2.28. The van der Waals surface area contributed by atoms with Gasteiger partial charge in [0.15, 0.2) is 11.6 Å².